The van der Waals surface area contributed by atoms with Gasteiger partial charge in [0.25, 0.3) is 5.91 Å². The molecule has 1 atom stereocenters. The lowest BCUT2D eigenvalue weighted by atomic mass is 10.1. The molecule has 0 aliphatic carbocycles. The van der Waals surface area contributed by atoms with Crippen molar-refractivity contribution >= 4 is 38.9 Å². The molecule has 0 N–H and O–H groups in total. The zero-order chi connectivity index (χ0) is 20.3. The Labute approximate surface area is 172 Å². The monoisotopic (exact) mass is 445 g/mol. The van der Waals surface area contributed by atoms with Crippen LogP contribution in [0.15, 0.2) is 47.4 Å². The maximum absolute atomic E-state index is 13.1. The largest absolute Gasteiger partial charge is 0.482 e. The Morgan fingerprint density at radius 3 is 2.57 bits per heavy atom. The van der Waals surface area contributed by atoms with Crippen molar-refractivity contribution in [1.82, 2.24) is 4.90 Å². The Kier molecular flexibility index (Phi) is 6.47. The number of carbonyl (C=O) groups excluding carboxylic acids is 1. The highest BCUT2D eigenvalue weighted by molar-refractivity contribution is 7.92. The summed E-state index contributed by atoms with van der Waals surface area (Å²) in [5.41, 5.74) is 0. The van der Waals surface area contributed by atoms with Gasteiger partial charge in [-0.3, -0.25) is 4.79 Å². The van der Waals surface area contributed by atoms with Crippen LogP contribution in [0, 0.1) is 5.82 Å². The molecule has 1 saturated heterocycles. The van der Waals surface area contributed by atoms with Gasteiger partial charge in [-0.2, -0.15) is 0 Å². The van der Waals surface area contributed by atoms with Crippen LogP contribution in [-0.2, 0) is 14.6 Å². The van der Waals surface area contributed by atoms with E-state index in [0.29, 0.717) is 30.2 Å². The molecule has 2 aromatic carbocycles. The number of halogens is 3. The van der Waals surface area contributed by atoms with Crippen LogP contribution in [0.5, 0.6) is 5.75 Å². The van der Waals surface area contributed by atoms with Crippen LogP contribution >= 0.6 is 23.2 Å². The van der Waals surface area contributed by atoms with Gasteiger partial charge in [0, 0.05) is 18.1 Å². The van der Waals surface area contributed by atoms with Crippen LogP contribution < -0.4 is 4.74 Å². The third-order valence-corrected chi connectivity index (χ3v) is 7.28. The summed E-state index contributed by atoms with van der Waals surface area (Å²) in [7, 11) is -3.66. The number of hydrogen-bond acceptors (Lipinski definition) is 4. The van der Waals surface area contributed by atoms with Gasteiger partial charge in [0.1, 0.15) is 11.6 Å². The molecule has 1 unspecified atom stereocenters. The molecule has 1 amide bonds. The summed E-state index contributed by atoms with van der Waals surface area (Å²) in [4.78, 5) is 14.0. The molecule has 5 nitrogen and oxygen atoms in total. The zero-order valence-corrected chi connectivity index (χ0v) is 17.1. The van der Waals surface area contributed by atoms with Crippen molar-refractivity contribution in [3.8, 4) is 5.75 Å². The van der Waals surface area contributed by atoms with Gasteiger partial charge < -0.3 is 9.64 Å². The molecule has 1 aliphatic heterocycles. The van der Waals surface area contributed by atoms with E-state index in [-0.39, 0.29) is 29.0 Å². The zero-order valence-electron chi connectivity index (χ0n) is 14.8. The number of amides is 1. The molecular weight excluding hydrogens is 428 g/mol. The highest BCUT2D eigenvalue weighted by atomic mass is 35.5. The smallest absolute Gasteiger partial charge is 0.260 e. The highest BCUT2D eigenvalue weighted by Crippen LogP contribution is 2.28. The van der Waals surface area contributed by atoms with E-state index in [0.717, 1.165) is 12.1 Å². The quantitative estimate of drug-likeness (QED) is 0.652. The molecular formula is C19H18Cl2FNO4S. The Bertz CT molecular complexity index is 966. The third kappa shape index (κ3) is 4.77. The van der Waals surface area contributed by atoms with Gasteiger partial charge in [0.15, 0.2) is 16.4 Å². The molecule has 1 fully saturated rings. The van der Waals surface area contributed by atoms with Crippen LogP contribution in [0.4, 0.5) is 4.39 Å². The average Bonchev–Trinajstić information content (AvgIpc) is 2.67. The molecule has 0 spiro atoms. The number of sulfone groups is 1. The standard InChI is InChI=1S/C19H18Cl2FNO4S/c20-13-3-8-18(17(21)10-13)27-12-19(24)23-9-1-2-16(11-23)28(25,26)15-6-4-14(22)5-7-15/h3-8,10,16H,1-2,9,11-12H2. The van der Waals surface area contributed by atoms with E-state index in [2.05, 4.69) is 0 Å². The Hall–Kier alpha value is -1.83. The minimum absolute atomic E-state index is 0.0531. The maximum atomic E-state index is 13.1. The SMILES string of the molecule is O=C(COc1ccc(Cl)cc1Cl)N1CCCC(S(=O)(=O)c2ccc(F)cc2)C1. The first-order chi connectivity index (χ1) is 13.3. The van der Waals surface area contributed by atoms with E-state index in [9.17, 15) is 17.6 Å². The number of hydrogen-bond donors (Lipinski definition) is 0. The molecule has 0 bridgehead atoms. The Morgan fingerprint density at radius 2 is 1.89 bits per heavy atom. The van der Waals surface area contributed by atoms with Crippen LogP contribution in [0.25, 0.3) is 0 Å². The molecule has 1 aliphatic rings. The molecule has 3 rings (SSSR count). The predicted molar refractivity (Wildman–Crippen MR) is 105 cm³/mol. The van der Waals surface area contributed by atoms with Crippen molar-refractivity contribution < 1.29 is 22.3 Å². The molecule has 1 heterocycles. The van der Waals surface area contributed by atoms with Crippen molar-refractivity contribution in [1.29, 1.82) is 0 Å². The van der Waals surface area contributed by atoms with Crippen molar-refractivity contribution in [2.24, 2.45) is 0 Å². The molecule has 0 saturated carbocycles. The number of carbonyl (C=O) groups is 1. The number of rotatable bonds is 5. The lowest BCUT2D eigenvalue weighted by Crippen LogP contribution is -2.46. The summed E-state index contributed by atoms with van der Waals surface area (Å²) in [5.74, 6) is -0.505. The van der Waals surface area contributed by atoms with Crippen molar-refractivity contribution in [2.75, 3.05) is 19.7 Å². The summed E-state index contributed by atoms with van der Waals surface area (Å²) in [5, 5.41) is -0.000891. The molecule has 150 valence electrons. The fourth-order valence-electron chi connectivity index (χ4n) is 3.06. The average molecular weight is 446 g/mol. The molecule has 9 heteroatoms. The first-order valence-corrected chi connectivity index (χ1v) is 10.9. The first-order valence-electron chi connectivity index (χ1n) is 8.62. The van der Waals surface area contributed by atoms with Gasteiger partial charge in [-0.1, -0.05) is 23.2 Å². The second kappa shape index (κ2) is 8.68. The summed E-state index contributed by atoms with van der Waals surface area (Å²) in [6.07, 6.45) is 0.992. The molecule has 2 aromatic rings. The van der Waals surface area contributed by atoms with Gasteiger partial charge in [-0.25, -0.2) is 12.8 Å². The van der Waals surface area contributed by atoms with Crippen LogP contribution in [0.2, 0.25) is 10.0 Å². The van der Waals surface area contributed by atoms with Crippen LogP contribution in [0.1, 0.15) is 12.8 Å². The maximum Gasteiger partial charge on any atom is 0.260 e. The molecule has 28 heavy (non-hydrogen) atoms. The van der Waals surface area contributed by atoms with Gasteiger partial charge in [-0.05, 0) is 55.3 Å². The summed E-state index contributed by atoms with van der Waals surface area (Å²) in [6, 6.07) is 9.39. The summed E-state index contributed by atoms with van der Waals surface area (Å²) < 4.78 is 44.1. The second-order valence-electron chi connectivity index (χ2n) is 6.47. The minimum atomic E-state index is -3.66. The van der Waals surface area contributed by atoms with E-state index in [1.807, 2.05) is 0 Å². The fraction of sp³-hybridized carbons (Fsp3) is 0.316. The Morgan fingerprint density at radius 1 is 1.18 bits per heavy atom. The van der Waals surface area contributed by atoms with E-state index in [1.54, 1.807) is 12.1 Å². The number of nitrogens with zero attached hydrogens (tertiary/aromatic N) is 1. The topological polar surface area (TPSA) is 63.7 Å². The van der Waals surface area contributed by atoms with Crippen molar-refractivity contribution in [3.63, 3.8) is 0 Å². The number of likely N-dealkylation sites (tertiary alicyclic amines) is 1. The van der Waals surface area contributed by atoms with E-state index < -0.39 is 20.9 Å². The van der Waals surface area contributed by atoms with E-state index >= 15 is 0 Å². The predicted octanol–water partition coefficient (Wildman–Crippen LogP) is 3.98. The highest BCUT2D eigenvalue weighted by Gasteiger charge is 2.33. The Balaban J connectivity index is 1.65. The normalized spacial score (nSPS) is 17.4. The van der Waals surface area contributed by atoms with Gasteiger partial charge in [0.05, 0.1) is 15.2 Å². The number of ether oxygens (including phenoxy) is 1. The van der Waals surface area contributed by atoms with Gasteiger partial charge in [0.2, 0.25) is 0 Å². The van der Waals surface area contributed by atoms with Gasteiger partial charge in [-0.15, -0.1) is 0 Å². The third-order valence-electron chi connectivity index (χ3n) is 4.56. The number of piperidine rings is 1. The second-order valence-corrected chi connectivity index (χ2v) is 9.54. The van der Waals surface area contributed by atoms with Crippen LogP contribution in [-0.4, -0.2) is 44.2 Å². The summed E-state index contributed by atoms with van der Waals surface area (Å²) in [6.45, 7) is 0.257. The van der Waals surface area contributed by atoms with Crippen molar-refractivity contribution in [2.45, 2.75) is 23.0 Å². The van der Waals surface area contributed by atoms with Gasteiger partial charge >= 0.3 is 0 Å². The lowest BCUT2D eigenvalue weighted by Gasteiger charge is -2.32. The lowest BCUT2D eigenvalue weighted by molar-refractivity contribution is -0.134. The van der Waals surface area contributed by atoms with E-state index in [4.69, 9.17) is 27.9 Å². The molecule has 0 radical (unpaired) electrons. The van der Waals surface area contributed by atoms with E-state index in [1.165, 1.54) is 23.1 Å². The van der Waals surface area contributed by atoms with Crippen LogP contribution in [0.3, 0.4) is 0 Å². The first kappa shape index (κ1) is 20.9. The number of benzene rings is 2. The van der Waals surface area contributed by atoms with Crippen molar-refractivity contribution in [3.05, 3.63) is 58.3 Å². The summed E-state index contributed by atoms with van der Waals surface area (Å²) >= 11 is 11.8. The fourth-order valence-corrected chi connectivity index (χ4v) is 5.27. The minimum Gasteiger partial charge on any atom is -0.482 e. The molecule has 0 aromatic heterocycles.